The molecule has 1 aliphatic heterocycles. The van der Waals surface area contributed by atoms with Gasteiger partial charge >= 0.3 is 0 Å². The average molecular weight is 414 g/mol. The van der Waals surface area contributed by atoms with Gasteiger partial charge in [0.25, 0.3) is 5.91 Å². The van der Waals surface area contributed by atoms with E-state index in [2.05, 4.69) is 0 Å². The molecule has 0 atom stereocenters. The Balaban J connectivity index is 1.35. The highest BCUT2D eigenvalue weighted by atomic mass is 16.5. The molecule has 1 N–H and O–H groups in total. The van der Waals surface area contributed by atoms with Gasteiger partial charge in [-0.3, -0.25) is 9.59 Å². The first-order valence-corrected chi connectivity index (χ1v) is 9.79. The molecule has 2 aromatic rings. The van der Waals surface area contributed by atoms with Gasteiger partial charge in [0, 0.05) is 32.2 Å². The third-order valence-electron chi connectivity index (χ3n) is 4.81. The van der Waals surface area contributed by atoms with Gasteiger partial charge in [-0.2, -0.15) is 0 Å². The lowest BCUT2D eigenvalue weighted by Crippen LogP contribution is -2.51. The van der Waals surface area contributed by atoms with Gasteiger partial charge in [-0.25, -0.2) is 0 Å². The zero-order chi connectivity index (χ0) is 21.3. The predicted molar refractivity (Wildman–Crippen MR) is 110 cm³/mol. The maximum absolute atomic E-state index is 12.4. The van der Waals surface area contributed by atoms with Gasteiger partial charge in [0.05, 0.1) is 20.1 Å². The summed E-state index contributed by atoms with van der Waals surface area (Å²) in [6.07, 6.45) is 0.240. The van der Waals surface area contributed by atoms with Crippen LogP contribution in [0.4, 0.5) is 0 Å². The number of hydrogen-bond donors (Lipinski definition) is 1. The number of phenolic OH excluding ortho intramolecular Hbond substituents is 1. The summed E-state index contributed by atoms with van der Waals surface area (Å²) in [5.41, 5.74) is 0. The minimum absolute atomic E-state index is 0.0169. The summed E-state index contributed by atoms with van der Waals surface area (Å²) >= 11 is 0. The van der Waals surface area contributed by atoms with E-state index >= 15 is 0 Å². The fourth-order valence-corrected chi connectivity index (χ4v) is 3.10. The molecule has 0 unspecified atom stereocenters. The Morgan fingerprint density at radius 2 is 1.50 bits per heavy atom. The normalized spacial score (nSPS) is 13.6. The first-order valence-electron chi connectivity index (χ1n) is 9.79. The molecule has 0 radical (unpaired) electrons. The Kier molecular flexibility index (Phi) is 7.37. The SMILES string of the molecule is COc1ccc(OCC(=O)N2CCN(C(=O)CCOc3cccc(O)c3)CC2)cc1. The zero-order valence-corrected chi connectivity index (χ0v) is 17.0. The van der Waals surface area contributed by atoms with Crippen LogP contribution in [0.5, 0.6) is 23.0 Å². The standard InChI is InChI=1S/C22H26N2O6/c1-28-18-5-7-19(8-6-18)30-16-22(27)24-12-10-23(11-13-24)21(26)9-14-29-20-4-2-3-17(25)15-20/h2-8,15,25H,9-14,16H2,1H3. The fraction of sp³-hybridized carbons (Fsp3) is 0.364. The second kappa shape index (κ2) is 10.4. The highest BCUT2D eigenvalue weighted by Gasteiger charge is 2.24. The van der Waals surface area contributed by atoms with Crippen molar-refractivity contribution in [1.29, 1.82) is 0 Å². The highest BCUT2D eigenvalue weighted by molar-refractivity contribution is 5.79. The van der Waals surface area contributed by atoms with E-state index < -0.39 is 0 Å². The summed E-state index contributed by atoms with van der Waals surface area (Å²) in [5, 5.41) is 9.42. The lowest BCUT2D eigenvalue weighted by Gasteiger charge is -2.34. The van der Waals surface area contributed by atoms with Crippen LogP contribution in [0.25, 0.3) is 0 Å². The molecule has 1 aliphatic rings. The van der Waals surface area contributed by atoms with Crippen molar-refractivity contribution in [1.82, 2.24) is 9.80 Å². The Bertz CT molecular complexity index is 847. The van der Waals surface area contributed by atoms with Crippen molar-refractivity contribution in [3.63, 3.8) is 0 Å². The molecule has 0 aromatic heterocycles. The van der Waals surface area contributed by atoms with E-state index in [-0.39, 0.29) is 37.2 Å². The minimum atomic E-state index is -0.106. The van der Waals surface area contributed by atoms with E-state index in [0.717, 1.165) is 5.75 Å². The van der Waals surface area contributed by atoms with Crippen molar-refractivity contribution in [2.75, 3.05) is 46.5 Å². The number of carbonyl (C=O) groups excluding carboxylic acids is 2. The van der Waals surface area contributed by atoms with Gasteiger partial charge in [-0.1, -0.05) is 6.07 Å². The van der Waals surface area contributed by atoms with E-state index in [1.54, 1.807) is 59.4 Å². The Labute approximate surface area is 175 Å². The lowest BCUT2D eigenvalue weighted by molar-refractivity contribution is -0.141. The van der Waals surface area contributed by atoms with E-state index in [9.17, 15) is 14.7 Å². The minimum Gasteiger partial charge on any atom is -0.508 e. The molecule has 30 heavy (non-hydrogen) atoms. The molecule has 3 rings (SSSR count). The Morgan fingerprint density at radius 3 is 2.13 bits per heavy atom. The van der Waals surface area contributed by atoms with Crippen LogP contribution in [-0.4, -0.2) is 73.2 Å². The maximum Gasteiger partial charge on any atom is 0.260 e. The van der Waals surface area contributed by atoms with Gasteiger partial charge in [0.1, 0.15) is 23.0 Å². The molecule has 160 valence electrons. The van der Waals surface area contributed by atoms with E-state index in [0.29, 0.717) is 37.7 Å². The molecule has 8 nitrogen and oxygen atoms in total. The molecule has 8 heteroatoms. The van der Waals surface area contributed by atoms with Crippen LogP contribution in [0.3, 0.4) is 0 Å². The summed E-state index contributed by atoms with van der Waals surface area (Å²) in [6, 6.07) is 13.5. The molecule has 2 amide bonds. The number of nitrogens with zero attached hydrogens (tertiary/aromatic N) is 2. The number of phenols is 1. The van der Waals surface area contributed by atoms with Crippen LogP contribution in [0.1, 0.15) is 6.42 Å². The molecular weight excluding hydrogens is 388 g/mol. The Morgan fingerprint density at radius 1 is 0.867 bits per heavy atom. The van der Waals surface area contributed by atoms with E-state index in [1.807, 2.05) is 0 Å². The molecule has 0 bridgehead atoms. The maximum atomic E-state index is 12.4. The van der Waals surface area contributed by atoms with Gasteiger partial charge < -0.3 is 29.1 Å². The van der Waals surface area contributed by atoms with Gasteiger partial charge in [0.2, 0.25) is 5.91 Å². The first-order chi connectivity index (χ1) is 14.5. The van der Waals surface area contributed by atoms with Crippen molar-refractivity contribution in [2.24, 2.45) is 0 Å². The summed E-state index contributed by atoms with van der Waals surface area (Å²) in [4.78, 5) is 28.2. The number of benzene rings is 2. The molecule has 1 fully saturated rings. The number of methoxy groups -OCH3 is 1. The second-order valence-corrected chi connectivity index (χ2v) is 6.82. The molecule has 1 heterocycles. The quantitative estimate of drug-likeness (QED) is 0.710. The van der Waals surface area contributed by atoms with Crippen molar-refractivity contribution in [3.05, 3.63) is 48.5 Å². The van der Waals surface area contributed by atoms with Gasteiger partial charge in [0.15, 0.2) is 6.61 Å². The number of ether oxygens (including phenoxy) is 3. The largest absolute Gasteiger partial charge is 0.508 e. The van der Waals surface area contributed by atoms with Crippen LogP contribution in [0.15, 0.2) is 48.5 Å². The molecule has 0 spiro atoms. The van der Waals surface area contributed by atoms with E-state index in [4.69, 9.17) is 14.2 Å². The summed E-state index contributed by atoms with van der Waals surface area (Å²) < 4.78 is 16.1. The van der Waals surface area contributed by atoms with Crippen LogP contribution in [0.2, 0.25) is 0 Å². The second-order valence-electron chi connectivity index (χ2n) is 6.82. The third-order valence-corrected chi connectivity index (χ3v) is 4.81. The smallest absolute Gasteiger partial charge is 0.260 e. The van der Waals surface area contributed by atoms with E-state index in [1.165, 1.54) is 6.07 Å². The fourth-order valence-electron chi connectivity index (χ4n) is 3.10. The topological polar surface area (TPSA) is 88.5 Å². The van der Waals surface area contributed by atoms with Crippen LogP contribution in [0, 0.1) is 0 Å². The zero-order valence-electron chi connectivity index (χ0n) is 17.0. The summed E-state index contributed by atoms with van der Waals surface area (Å²) in [7, 11) is 1.59. The number of amides is 2. The van der Waals surface area contributed by atoms with Crippen molar-refractivity contribution in [3.8, 4) is 23.0 Å². The average Bonchev–Trinajstić information content (AvgIpc) is 2.78. The molecule has 0 aliphatic carbocycles. The molecule has 1 saturated heterocycles. The van der Waals surface area contributed by atoms with Gasteiger partial charge in [-0.15, -0.1) is 0 Å². The predicted octanol–water partition coefficient (Wildman–Crippen LogP) is 1.92. The first kappa shape index (κ1) is 21.3. The van der Waals surface area contributed by atoms with Crippen molar-refractivity contribution < 1.29 is 28.9 Å². The van der Waals surface area contributed by atoms with Crippen LogP contribution < -0.4 is 14.2 Å². The highest BCUT2D eigenvalue weighted by Crippen LogP contribution is 2.18. The number of piperazine rings is 1. The van der Waals surface area contributed by atoms with Crippen molar-refractivity contribution >= 4 is 11.8 Å². The number of aromatic hydroxyl groups is 1. The van der Waals surface area contributed by atoms with Crippen LogP contribution >= 0.6 is 0 Å². The summed E-state index contributed by atoms with van der Waals surface area (Å²) in [5.74, 6) is 1.85. The number of hydrogen-bond acceptors (Lipinski definition) is 6. The number of carbonyl (C=O) groups is 2. The van der Waals surface area contributed by atoms with Crippen LogP contribution in [-0.2, 0) is 9.59 Å². The summed E-state index contributed by atoms with van der Waals surface area (Å²) in [6.45, 7) is 2.11. The molecule has 2 aromatic carbocycles. The lowest BCUT2D eigenvalue weighted by atomic mass is 10.2. The number of rotatable bonds is 8. The van der Waals surface area contributed by atoms with Crippen molar-refractivity contribution in [2.45, 2.75) is 6.42 Å². The van der Waals surface area contributed by atoms with Gasteiger partial charge in [-0.05, 0) is 36.4 Å². The monoisotopic (exact) mass is 414 g/mol. The molecular formula is C22H26N2O6. The Hall–Kier alpha value is -3.42. The molecule has 0 saturated carbocycles. The third kappa shape index (κ3) is 6.04.